The third kappa shape index (κ3) is 7.15. The van der Waals surface area contributed by atoms with Crippen LogP contribution < -0.4 is 10.8 Å². The number of hydrogen-bond acceptors (Lipinski definition) is 8. The molecule has 2 amide bonds. The molecule has 2 aliphatic rings. The van der Waals surface area contributed by atoms with E-state index in [2.05, 4.69) is 30.7 Å². The minimum Gasteiger partial charge on any atom is -0.550 e. The van der Waals surface area contributed by atoms with Gasteiger partial charge in [-0.1, -0.05) is 113 Å². The SMILES string of the molecule is CC(C)(C)C(=O)[O-].Cc1ccc(C2(c3ccc(C)cc3)N=C(N)N(Cc3ccc(C(C)(C)C)c(C(=O)N4Cc5nccnc5C4)c3)C2=O)cc1. The van der Waals surface area contributed by atoms with Crippen LogP contribution in [0.15, 0.2) is 84.1 Å². The molecule has 1 aromatic heterocycles. The van der Waals surface area contributed by atoms with Crippen molar-refractivity contribution in [2.75, 3.05) is 0 Å². The summed E-state index contributed by atoms with van der Waals surface area (Å²) in [5.74, 6) is -1.18. The first kappa shape index (κ1) is 35.9. The van der Waals surface area contributed by atoms with Crippen LogP contribution in [0.2, 0.25) is 0 Å². The lowest BCUT2D eigenvalue weighted by Gasteiger charge is -2.28. The molecule has 3 aromatic carbocycles. The van der Waals surface area contributed by atoms with E-state index in [0.717, 1.165) is 44.8 Å². The van der Waals surface area contributed by atoms with Gasteiger partial charge in [-0.15, -0.1) is 0 Å². The molecule has 0 saturated carbocycles. The summed E-state index contributed by atoms with van der Waals surface area (Å²) in [5, 5.41) is 9.91. The first-order valence-corrected chi connectivity index (χ1v) is 16.7. The molecule has 4 aromatic rings. The summed E-state index contributed by atoms with van der Waals surface area (Å²) >= 11 is 0. The molecular weight excluding hydrogens is 628 g/mol. The number of aliphatic carboxylic acids is 1. The Labute approximate surface area is 294 Å². The van der Waals surface area contributed by atoms with E-state index in [4.69, 9.17) is 10.7 Å². The van der Waals surface area contributed by atoms with Crippen molar-refractivity contribution in [2.24, 2.45) is 16.1 Å². The number of nitrogens with two attached hydrogens (primary N) is 1. The smallest absolute Gasteiger partial charge is 0.266 e. The Kier molecular flexibility index (Phi) is 9.69. The van der Waals surface area contributed by atoms with Crippen molar-refractivity contribution >= 4 is 23.7 Å². The van der Waals surface area contributed by atoms with Gasteiger partial charge in [-0.25, -0.2) is 4.99 Å². The van der Waals surface area contributed by atoms with Gasteiger partial charge in [0.1, 0.15) is 0 Å². The Bertz CT molecular complexity index is 1880. The minimum atomic E-state index is -1.29. The van der Waals surface area contributed by atoms with E-state index in [1.54, 1.807) is 38.1 Å². The van der Waals surface area contributed by atoms with E-state index in [1.807, 2.05) is 80.6 Å². The third-order valence-corrected chi connectivity index (χ3v) is 8.96. The van der Waals surface area contributed by atoms with Gasteiger partial charge in [-0.2, -0.15) is 0 Å². The molecule has 2 aliphatic heterocycles. The fourth-order valence-electron chi connectivity index (χ4n) is 5.96. The normalized spacial score (nSPS) is 15.3. The highest BCUT2D eigenvalue weighted by molar-refractivity contribution is 6.09. The number of aliphatic imine (C=N–C) groups is 1. The van der Waals surface area contributed by atoms with Crippen LogP contribution in [-0.2, 0) is 40.2 Å². The quantitative estimate of drug-likeness (QED) is 0.316. The van der Waals surface area contributed by atoms with Crippen molar-refractivity contribution in [3.05, 3.63) is 129 Å². The van der Waals surface area contributed by atoms with E-state index in [9.17, 15) is 19.5 Å². The highest BCUT2D eigenvalue weighted by Crippen LogP contribution is 2.40. The molecule has 0 saturated heterocycles. The molecule has 6 rings (SSSR count). The summed E-state index contributed by atoms with van der Waals surface area (Å²) in [6.45, 7) is 16.1. The molecule has 0 aliphatic carbocycles. The molecule has 260 valence electrons. The number of aryl methyl sites for hydroxylation is 2. The van der Waals surface area contributed by atoms with Crippen LogP contribution in [0.4, 0.5) is 0 Å². The van der Waals surface area contributed by atoms with Gasteiger partial charge in [0.2, 0.25) is 0 Å². The number of aromatic nitrogens is 2. The summed E-state index contributed by atoms with van der Waals surface area (Å²) < 4.78 is 0. The molecule has 10 heteroatoms. The fraction of sp³-hybridized carbons (Fsp3) is 0.350. The van der Waals surface area contributed by atoms with E-state index >= 15 is 0 Å². The van der Waals surface area contributed by atoms with Crippen LogP contribution in [0.1, 0.15) is 96.7 Å². The molecule has 0 spiro atoms. The Morgan fingerprint density at radius 3 is 1.74 bits per heavy atom. The average molecular weight is 674 g/mol. The number of carbonyl (C=O) groups is 3. The van der Waals surface area contributed by atoms with Crippen LogP contribution in [0, 0.1) is 19.3 Å². The van der Waals surface area contributed by atoms with Crippen LogP contribution in [0.25, 0.3) is 0 Å². The number of rotatable bonds is 5. The van der Waals surface area contributed by atoms with Gasteiger partial charge < -0.3 is 20.5 Å². The van der Waals surface area contributed by atoms with Gasteiger partial charge in [-0.3, -0.25) is 24.5 Å². The molecule has 2 N–H and O–H groups in total. The Balaban J connectivity index is 0.000000630. The monoisotopic (exact) mass is 673 g/mol. The van der Waals surface area contributed by atoms with Crippen molar-refractivity contribution in [2.45, 2.75) is 86.0 Å². The molecule has 0 atom stereocenters. The number of benzene rings is 3. The van der Waals surface area contributed by atoms with Gasteiger partial charge in [0.15, 0.2) is 11.5 Å². The number of hydrogen-bond donors (Lipinski definition) is 1. The maximum Gasteiger partial charge on any atom is 0.266 e. The number of nitrogens with zero attached hydrogens (tertiary/aromatic N) is 5. The zero-order valence-corrected chi connectivity index (χ0v) is 30.1. The zero-order valence-electron chi connectivity index (χ0n) is 30.1. The van der Waals surface area contributed by atoms with E-state index < -0.39 is 16.9 Å². The lowest BCUT2D eigenvalue weighted by molar-refractivity contribution is -0.316. The summed E-state index contributed by atoms with van der Waals surface area (Å²) in [4.78, 5) is 55.3. The van der Waals surface area contributed by atoms with E-state index in [-0.39, 0.29) is 29.7 Å². The molecular formula is C40H45N6O4-. The second-order valence-corrected chi connectivity index (χ2v) is 15.1. The van der Waals surface area contributed by atoms with E-state index in [1.165, 1.54) is 4.90 Å². The van der Waals surface area contributed by atoms with Gasteiger partial charge >= 0.3 is 0 Å². The molecule has 0 radical (unpaired) electrons. The lowest BCUT2D eigenvalue weighted by atomic mass is 9.82. The Morgan fingerprint density at radius 2 is 1.30 bits per heavy atom. The standard InChI is InChI=1S/C35H36N6O2.C5H10O2/c1-22-6-11-25(12-7-22)35(26-13-8-23(2)9-14-26)32(43)41(33(36)39-35)19-24-10-15-28(34(3,4)5)27(18-24)31(42)40-20-29-30(21-40)38-17-16-37-29;1-5(2,3)4(6)7/h6-18H,19-21H2,1-5H3,(H2,36,39);1-3H3,(H,6,7)/p-1. The minimum absolute atomic E-state index is 0.0883. The highest BCUT2D eigenvalue weighted by atomic mass is 16.4. The molecule has 10 nitrogen and oxygen atoms in total. The maximum absolute atomic E-state index is 14.4. The number of amides is 2. The third-order valence-electron chi connectivity index (χ3n) is 8.96. The number of guanidine groups is 1. The zero-order chi connectivity index (χ0) is 36.6. The number of carboxylic acid groups (broad SMARTS) is 1. The van der Waals surface area contributed by atoms with Gasteiger partial charge in [0.05, 0.1) is 31.0 Å². The topological polar surface area (TPSA) is 145 Å². The lowest BCUT2D eigenvalue weighted by Crippen LogP contribution is -2.43. The van der Waals surface area contributed by atoms with Crippen molar-refractivity contribution in [3.8, 4) is 0 Å². The second-order valence-electron chi connectivity index (χ2n) is 15.1. The van der Waals surface area contributed by atoms with Gasteiger partial charge in [0, 0.05) is 29.3 Å². The fourth-order valence-corrected chi connectivity index (χ4v) is 5.96. The van der Waals surface area contributed by atoms with Crippen molar-refractivity contribution in [1.82, 2.24) is 19.8 Å². The average Bonchev–Trinajstić information content (AvgIpc) is 3.60. The molecule has 0 fully saturated rings. The molecule has 50 heavy (non-hydrogen) atoms. The summed E-state index contributed by atoms with van der Waals surface area (Å²) in [5.41, 5.74) is 11.9. The number of fused-ring (bicyclic) bond motifs is 1. The van der Waals surface area contributed by atoms with Gasteiger partial charge in [-0.05, 0) is 47.6 Å². The Morgan fingerprint density at radius 1 is 0.820 bits per heavy atom. The Hall–Kier alpha value is -5.38. The number of carbonyl (C=O) groups excluding carboxylic acids is 3. The van der Waals surface area contributed by atoms with Crippen LogP contribution in [0.5, 0.6) is 0 Å². The van der Waals surface area contributed by atoms with Crippen molar-refractivity contribution in [3.63, 3.8) is 0 Å². The van der Waals surface area contributed by atoms with Crippen molar-refractivity contribution < 1.29 is 19.5 Å². The molecule has 3 heterocycles. The first-order valence-electron chi connectivity index (χ1n) is 16.7. The predicted molar refractivity (Wildman–Crippen MR) is 191 cm³/mol. The van der Waals surface area contributed by atoms with Gasteiger partial charge in [0.25, 0.3) is 11.8 Å². The summed E-state index contributed by atoms with van der Waals surface area (Å²) in [6, 6.07) is 21.6. The van der Waals surface area contributed by atoms with Crippen molar-refractivity contribution in [1.29, 1.82) is 0 Å². The maximum atomic E-state index is 14.4. The number of carboxylic acids is 1. The predicted octanol–water partition coefficient (Wildman–Crippen LogP) is 4.93. The van der Waals surface area contributed by atoms with E-state index in [0.29, 0.717) is 18.7 Å². The second kappa shape index (κ2) is 13.5. The summed E-state index contributed by atoms with van der Waals surface area (Å²) in [6.07, 6.45) is 3.31. The van der Waals surface area contributed by atoms with Crippen LogP contribution in [-0.4, -0.2) is 43.5 Å². The largest absolute Gasteiger partial charge is 0.550 e. The molecule has 0 bridgehead atoms. The van der Waals surface area contributed by atoms with Crippen LogP contribution >= 0.6 is 0 Å². The first-order chi connectivity index (χ1) is 23.4. The molecule has 0 unspecified atom stereocenters. The van der Waals surface area contributed by atoms with Crippen LogP contribution in [0.3, 0.4) is 0 Å². The highest BCUT2D eigenvalue weighted by Gasteiger charge is 2.50. The summed E-state index contributed by atoms with van der Waals surface area (Å²) in [7, 11) is 0.